The van der Waals surface area contributed by atoms with Gasteiger partial charge in [-0.1, -0.05) is 6.92 Å². The van der Waals surface area contributed by atoms with E-state index in [0.717, 1.165) is 38.2 Å². The number of rotatable bonds is 4. The second kappa shape index (κ2) is 6.41. The van der Waals surface area contributed by atoms with Gasteiger partial charge in [0.05, 0.1) is 24.0 Å². The largest absolute Gasteiger partial charge is 0.393 e. The molecule has 1 aromatic rings. The van der Waals surface area contributed by atoms with Crippen LogP contribution in [0.3, 0.4) is 0 Å². The number of aliphatic hydroxyl groups is 1. The van der Waals surface area contributed by atoms with Crippen molar-refractivity contribution < 1.29 is 9.50 Å². The molecule has 19 heavy (non-hydrogen) atoms. The highest BCUT2D eigenvalue weighted by atomic mass is 19.1. The average Bonchev–Trinajstić information content (AvgIpc) is 2.41. The molecule has 106 valence electrons. The van der Waals surface area contributed by atoms with Crippen LogP contribution in [0.1, 0.15) is 31.5 Å². The van der Waals surface area contributed by atoms with Crippen LogP contribution in [-0.2, 0) is 0 Å². The lowest BCUT2D eigenvalue weighted by Gasteiger charge is -2.33. The van der Waals surface area contributed by atoms with E-state index in [1.807, 2.05) is 0 Å². The zero-order valence-corrected chi connectivity index (χ0v) is 11.3. The van der Waals surface area contributed by atoms with Crippen LogP contribution in [0.25, 0.3) is 0 Å². The van der Waals surface area contributed by atoms with E-state index in [1.165, 1.54) is 12.3 Å². The summed E-state index contributed by atoms with van der Waals surface area (Å²) in [6.45, 7) is 4.79. The highest BCUT2D eigenvalue weighted by molar-refractivity contribution is 5.10. The Kier molecular flexibility index (Phi) is 4.85. The van der Waals surface area contributed by atoms with Gasteiger partial charge in [-0.15, -0.1) is 0 Å². The highest BCUT2D eigenvalue weighted by Gasteiger charge is 2.22. The van der Waals surface area contributed by atoms with Crippen molar-refractivity contribution in [3.63, 3.8) is 0 Å². The molecule has 1 saturated heterocycles. The lowest BCUT2D eigenvalue weighted by molar-refractivity contribution is 0.0738. The SMILES string of the molecule is CC(CN1CCC(O)CC1)C(N)c1ccc(F)cn1. The van der Waals surface area contributed by atoms with Crippen LogP contribution in [0.4, 0.5) is 4.39 Å². The van der Waals surface area contributed by atoms with Gasteiger partial charge in [-0.3, -0.25) is 4.98 Å². The van der Waals surface area contributed by atoms with Crippen molar-refractivity contribution in [2.24, 2.45) is 11.7 Å². The monoisotopic (exact) mass is 267 g/mol. The first-order chi connectivity index (χ1) is 9.06. The molecule has 2 heterocycles. The number of hydrogen-bond donors (Lipinski definition) is 2. The van der Waals surface area contributed by atoms with Crippen molar-refractivity contribution in [1.82, 2.24) is 9.88 Å². The Bertz CT molecular complexity index is 390. The van der Waals surface area contributed by atoms with E-state index >= 15 is 0 Å². The van der Waals surface area contributed by atoms with Crippen LogP contribution in [0.15, 0.2) is 18.3 Å². The van der Waals surface area contributed by atoms with Gasteiger partial charge in [0.2, 0.25) is 0 Å². The lowest BCUT2D eigenvalue weighted by atomic mass is 9.97. The van der Waals surface area contributed by atoms with E-state index in [-0.39, 0.29) is 23.9 Å². The van der Waals surface area contributed by atoms with E-state index in [1.54, 1.807) is 6.07 Å². The fourth-order valence-electron chi connectivity index (χ4n) is 2.50. The molecule has 0 aromatic carbocycles. The molecule has 1 aliphatic heterocycles. The van der Waals surface area contributed by atoms with Gasteiger partial charge in [-0.25, -0.2) is 4.39 Å². The zero-order chi connectivity index (χ0) is 13.8. The molecule has 3 N–H and O–H groups in total. The summed E-state index contributed by atoms with van der Waals surface area (Å²) in [7, 11) is 0. The average molecular weight is 267 g/mol. The van der Waals surface area contributed by atoms with Gasteiger partial charge in [-0.2, -0.15) is 0 Å². The molecule has 0 saturated carbocycles. The topological polar surface area (TPSA) is 62.4 Å². The molecular weight excluding hydrogens is 245 g/mol. The summed E-state index contributed by atoms with van der Waals surface area (Å²) in [5, 5.41) is 9.48. The van der Waals surface area contributed by atoms with Crippen LogP contribution in [0.2, 0.25) is 0 Å². The molecule has 1 aromatic heterocycles. The minimum atomic E-state index is -0.339. The summed E-state index contributed by atoms with van der Waals surface area (Å²) in [5.41, 5.74) is 6.90. The number of hydrogen-bond acceptors (Lipinski definition) is 4. The van der Waals surface area contributed by atoms with Crippen molar-refractivity contribution >= 4 is 0 Å². The predicted octanol–water partition coefficient (Wildman–Crippen LogP) is 1.31. The van der Waals surface area contributed by atoms with Crippen molar-refractivity contribution in [1.29, 1.82) is 0 Å². The summed E-state index contributed by atoms with van der Waals surface area (Å²) >= 11 is 0. The Morgan fingerprint density at radius 3 is 2.74 bits per heavy atom. The van der Waals surface area contributed by atoms with E-state index in [0.29, 0.717) is 0 Å². The Balaban J connectivity index is 1.88. The second-order valence-corrected chi connectivity index (χ2v) is 5.44. The van der Waals surface area contributed by atoms with Crippen molar-refractivity contribution in [3.8, 4) is 0 Å². The number of nitrogens with two attached hydrogens (primary N) is 1. The molecule has 0 spiro atoms. The minimum Gasteiger partial charge on any atom is -0.393 e. The summed E-state index contributed by atoms with van der Waals surface area (Å²) in [6, 6.07) is 2.86. The number of pyridine rings is 1. The molecule has 2 rings (SSSR count). The third-order valence-corrected chi connectivity index (χ3v) is 3.81. The number of halogens is 1. The highest BCUT2D eigenvalue weighted by Crippen LogP contribution is 2.20. The maximum Gasteiger partial charge on any atom is 0.141 e. The number of nitrogens with zero attached hydrogens (tertiary/aromatic N) is 2. The Hall–Kier alpha value is -1.04. The molecule has 0 aliphatic carbocycles. The fourth-order valence-corrected chi connectivity index (χ4v) is 2.50. The number of piperidine rings is 1. The first-order valence-electron chi connectivity index (χ1n) is 6.83. The molecular formula is C14H22FN3O. The fraction of sp³-hybridized carbons (Fsp3) is 0.643. The quantitative estimate of drug-likeness (QED) is 0.863. The van der Waals surface area contributed by atoms with E-state index < -0.39 is 0 Å². The third-order valence-electron chi connectivity index (χ3n) is 3.81. The maximum absolute atomic E-state index is 12.8. The van der Waals surface area contributed by atoms with Gasteiger partial charge >= 0.3 is 0 Å². The molecule has 0 radical (unpaired) electrons. The van der Waals surface area contributed by atoms with Crippen LogP contribution >= 0.6 is 0 Å². The number of aliphatic hydroxyl groups excluding tert-OH is 1. The summed E-state index contributed by atoms with van der Waals surface area (Å²) in [6.07, 6.45) is 2.71. The minimum absolute atomic E-state index is 0.154. The van der Waals surface area contributed by atoms with Gasteiger partial charge in [0, 0.05) is 19.6 Å². The lowest BCUT2D eigenvalue weighted by Crippen LogP contribution is -2.40. The van der Waals surface area contributed by atoms with Crippen molar-refractivity contribution in [2.45, 2.75) is 31.9 Å². The van der Waals surface area contributed by atoms with Gasteiger partial charge in [-0.05, 0) is 30.9 Å². The zero-order valence-electron chi connectivity index (χ0n) is 11.3. The first-order valence-corrected chi connectivity index (χ1v) is 6.83. The predicted molar refractivity (Wildman–Crippen MR) is 72.0 cm³/mol. The molecule has 4 nitrogen and oxygen atoms in total. The third kappa shape index (κ3) is 3.96. The van der Waals surface area contributed by atoms with Gasteiger partial charge in [0.25, 0.3) is 0 Å². The van der Waals surface area contributed by atoms with Crippen LogP contribution in [0, 0.1) is 11.7 Å². The molecule has 2 atom stereocenters. The second-order valence-electron chi connectivity index (χ2n) is 5.44. The van der Waals surface area contributed by atoms with E-state index in [4.69, 9.17) is 5.73 Å². The Morgan fingerprint density at radius 1 is 1.47 bits per heavy atom. The number of likely N-dealkylation sites (tertiary alicyclic amines) is 1. The summed E-state index contributed by atoms with van der Waals surface area (Å²) in [4.78, 5) is 6.37. The summed E-state index contributed by atoms with van der Waals surface area (Å²) < 4.78 is 12.8. The molecule has 1 aliphatic rings. The standard InChI is InChI=1S/C14H22FN3O/c1-10(9-18-6-4-12(19)5-7-18)14(16)13-3-2-11(15)8-17-13/h2-3,8,10,12,14,19H,4-7,9,16H2,1H3. The molecule has 2 unspecified atom stereocenters. The van der Waals surface area contributed by atoms with Crippen LogP contribution in [0.5, 0.6) is 0 Å². The van der Waals surface area contributed by atoms with E-state index in [9.17, 15) is 9.50 Å². The molecule has 5 heteroatoms. The molecule has 0 bridgehead atoms. The maximum atomic E-state index is 12.8. The van der Waals surface area contributed by atoms with Crippen molar-refractivity contribution in [3.05, 3.63) is 29.8 Å². The smallest absolute Gasteiger partial charge is 0.141 e. The van der Waals surface area contributed by atoms with Gasteiger partial charge < -0.3 is 15.7 Å². The molecule has 0 amide bonds. The van der Waals surface area contributed by atoms with Crippen LogP contribution in [-0.4, -0.2) is 40.7 Å². The molecule has 1 fully saturated rings. The Morgan fingerprint density at radius 2 is 2.16 bits per heavy atom. The summed E-state index contributed by atoms with van der Waals surface area (Å²) in [5.74, 6) is -0.0955. The van der Waals surface area contributed by atoms with Gasteiger partial charge in [0.1, 0.15) is 5.82 Å². The van der Waals surface area contributed by atoms with Crippen LogP contribution < -0.4 is 5.73 Å². The van der Waals surface area contributed by atoms with Gasteiger partial charge in [0.15, 0.2) is 0 Å². The van der Waals surface area contributed by atoms with E-state index in [2.05, 4.69) is 16.8 Å². The van der Waals surface area contributed by atoms with Crippen molar-refractivity contribution in [2.75, 3.05) is 19.6 Å². The number of aromatic nitrogens is 1. The first kappa shape index (κ1) is 14.4. The Labute approximate surface area is 113 Å². The normalized spacial score (nSPS) is 21.3.